The predicted octanol–water partition coefficient (Wildman–Crippen LogP) is 4.06. The highest BCUT2D eigenvalue weighted by molar-refractivity contribution is 9.10. The van der Waals surface area contributed by atoms with Gasteiger partial charge in [-0.25, -0.2) is 4.79 Å². The minimum atomic E-state index is -0.792. The summed E-state index contributed by atoms with van der Waals surface area (Å²) in [5.41, 5.74) is 1.96. The Kier molecular flexibility index (Phi) is 6.48. The summed E-state index contributed by atoms with van der Waals surface area (Å²) < 4.78 is 5.74. The zero-order valence-corrected chi connectivity index (χ0v) is 17.4. The molecule has 0 spiro atoms. The van der Waals surface area contributed by atoms with Crippen molar-refractivity contribution in [2.45, 2.75) is 19.8 Å². The van der Waals surface area contributed by atoms with Gasteiger partial charge < -0.3 is 15.0 Å². The van der Waals surface area contributed by atoms with E-state index in [-0.39, 0.29) is 11.3 Å². The molecule has 0 aliphatic carbocycles. The van der Waals surface area contributed by atoms with Crippen LogP contribution in [0.4, 0.5) is 17.1 Å². The number of rotatable bonds is 6. The first-order chi connectivity index (χ1) is 13.8. The minimum absolute atomic E-state index is 0.0314. The second-order valence-corrected chi connectivity index (χ2v) is 7.62. The molecule has 0 bridgehead atoms. The van der Waals surface area contributed by atoms with Gasteiger partial charge in [0.2, 0.25) is 0 Å². The third-order valence-corrected chi connectivity index (χ3v) is 5.24. The summed E-state index contributed by atoms with van der Waals surface area (Å²) in [4.78, 5) is 37.2. The molecule has 152 valence electrons. The maximum absolute atomic E-state index is 12.3. The molecule has 8 nitrogen and oxygen atoms in total. The molecule has 2 aromatic rings. The minimum Gasteiger partial charge on any atom is -0.452 e. The lowest BCUT2D eigenvalue weighted by Crippen LogP contribution is -2.22. The molecule has 1 fully saturated rings. The lowest BCUT2D eigenvalue weighted by molar-refractivity contribution is -0.384. The molecule has 1 aliphatic heterocycles. The number of carbonyl (C=O) groups excluding carboxylic acids is 2. The summed E-state index contributed by atoms with van der Waals surface area (Å²) in [5, 5.41) is 14.1. The Morgan fingerprint density at radius 2 is 1.93 bits per heavy atom. The van der Waals surface area contributed by atoms with Crippen molar-refractivity contribution in [1.29, 1.82) is 0 Å². The van der Waals surface area contributed by atoms with Gasteiger partial charge in [0.1, 0.15) is 5.69 Å². The highest BCUT2D eigenvalue weighted by Crippen LogP contribution is 2.32. The van der Waals surface area contributed by atoms with Crippen LogP contribution in [0.2, 0.25) is 0 Å². The quantitative estimate of drug-likeness (QED) is 0.395. The first-order valence-electron chi connectivity index (χ1n) is 9.11. The number of esters is 1. The van der Waals surface area contributed by atoms with Gasteiger partial charge in [0.15, 0.2) is 6.61 Å². The summed E-state index contributed by atoms with van der Waals surface area (Å²) in [7, 11) is 0. The maximum atomic E-state index is 12.3. The van der Waals surface area contributed by atoms with E-state index in [4.69, 9.17) is 4.74 Å². The van der Waals surface area contributed by atoms with Crippen LogP contribution >= 0.6 is 15.9 Å². The Balaban J connectivity index is 1.64. The van der Waals surface area contributed by atoms with E-state index in [1.54, 1.807) is 12.1 Å². The fourth-order valence-corrected chi connectivity index (χ4v) is 3.74. The number of anilines is 2. The van der Waals surface area contributed by atoms with Gasteiger partial charge in [-0.1, -0.05) is 6.07 Å². The largest absolute Gasteiger partial charge is 0.452 e. The molecule has 0 saturated carbocycles. The van der Waals surface area contributed by atoms with Crippen molar-refractivity contribution in [2.24, 2.45) is 0 Å². The summed E-state index contributed by atoms with van der Waals surface area (Å²) in [6.45, 7) is 2.92. The smallest absolute Gasteiger partial charge is 0.338 e. The standard InChI is InChI=1S/C20H20BrN3O5/c1-13-4-6-16(15(21)10-13)22-19(25)12-29-20(26)14-5-7-17(18(11-14)24(27)28)23-8-2-3-9-23/h4-7,10-11H,2-3,8-9,12H2,1H3,(H,22,25). The van der Waals surface area contributed by atoms with Crippen molar-refractivity contribution in [3.05, 3.63) is 62.1 Å². The molecule has 0 aromatic heterocycles. The molecule has 2 aromatic carbocycles. The molecule has 0 unspecified atom stereocenters. The molecule has 0 radical (unpaired) electrons. The van der Waals surface area contributed by atoms with Gasteiger partial charge in [0, 0.05) is 23.6 Å². The SMILES string of the molecule is Cc1ccc(NC(=O)COC(=O)c2ccc(N3CCCC3)c([N+](=O)[O-])c2)c(Br)c1. The van der Waals surface area contributed by atoms with Gasteiger partial charge in [-0.2, -0.15) is 0 Å². The van der Waals surface area contributed by atoms with Crippen LogP contribution in [0.1, 0.15) is 28.8 Å². The van der Waals surface area contributed by atoms with E-state index in [2.05, 4.69) is 21.2 Å². The first kappa shape index (κ1) is 20.8. The van der Waals surface area contributed by atoms with E-state index in [1.165, 1.54) is 12.1 Å². The van der Waals surface area contributed by atoms with Crippen molar-refractivity contribution in [2.75, 3.05) is 29.9 Å². The average Bonchev–Trinajstić information content (AvgIpc) is 3.22. The number of hydrogen-bond acceptors (Lipinski definition) is 6. The van der Waals surface area contributed by atoms with Crippen LogP contribution in [-0.2, 0) is 9.53 Å². The van der Waals surface area contributed by atoms with Gasteiger partial charge in [-0.3, -0.25) is 14.9 Å². The lowest BCUT2D eigenvalue weighted by atomic mass is 10.1. The molecule has 29 heavy (non-hydrogen) atoms. The molecule has 1 saturated heterocycles. The van der Waals surface area contributed by atoms with Crippen LogP contribution in [0.3, 0.4) is 0 Å². The van der Waals surface area contributed by atoms with Gasteiger partial charge >= 0.3 is 5.97 Å². The number of nitrogens with zero attached hydrogens (tertiary/aromatic N) is 2. The van der Waals surface area contributed by atoms with E-state index < -0.39 is 23.4 Å². The molecule has 9 heteroatoms. The Morgan fingerprint density at radius 3 is 2.59 bits per heavy atom. The number of hydrogen-bond donors (Lipinski definition) is 1. The zero-order chi connectivity index (χ0) is 21.0. The molecule has 3 rings (SSSR count). The molecule has 1 aliphatic rings. The monoisotopic (exact) mass is 461 g/mol. The predicted molar refractivity (Wildman–Crippen MR) is 112 cm³/mol. The second kappa shape index (κ2) is 9.04. The van der Waals surface area contributed by atoms with E-state index in [0.717, 1.165) is 31.5 Å². The number of nitro benzene ring substituents is 1. The van der Waals surface area contributed by atoms with Crippen LogP contribution in [0, 0.1) is 17.0 Å². The zero-order valence-electron chi connectivity index (χ0n) is 15.8. The van der Waals surface area contributed by atoms with Crippen molar-refractivity contribution in [1.82, 2.24) is 0 Å². The number of aryl methyl sites for hydroxylation is 1. The number of nitrogens with one attached hydrogen (secondary N) is 1. The maximum Gasteiger partial charge on any atom is 0.338 e. The highest BCUT2D eigenvalue weighted by atomic mass is 79.9. The molecule has 1 N–H and O–H groups in total. The molecular weight excluding hydrogens is 442 g/mol. The molecule has 1 amide bonds. The van der Waals surface area contributed by atoms with Crippen LogP contribution in [0.25, 0.3) is 0 Å². The fraction of sp³-hybridized carbons (Fsp3) is 0.300. The van der Waals surface area contributed by atoms with Crippen LogP contribution < -0.4 is 10.2 Å². The Labute approximate surface area is 176 Å². The Morgan fingerprint density at radius 1 is 1.21 bits per heavy atom. The first-order valence-corrected chi connectivity index (χ1v) is 9.91. The fourth-order valence-electron chi connectivity index (χ4n) is 3.14. The summed E-state index contributed by atoms with van der Waals surface area (Å²) in [5.74, 6) is -1.30. The van der Waals surface area contributed by atoms with Gasteiger partial charge in [0.25, 0.3) is 11.6 Å². The van der Waals surface area contributed by atoms with Crippen molar-refractivity contribution in [3.8, 4) is 0 Å². The second-order valence-electron chi connectivity index (χ2n) is 6.76. The Hall–Kier alpha value is -2.94. The number of nitro groups is 1. The summed E-state index contributed by atoms with van der Waals surface area (Å²) >= 11 is 3.36. The number of amides is 1. The number of halogens is 1. The van der Waals surface area contributed by atoms with Gasteiger partial charge in [-0.05, 0) is 65.5 Å². The van der Waals surface area contributed by atoms with Crippen molar-refractivity contribution in [3.63, 3.8) is 0 Å². The van der Waals surface area contributed by atoms with Crippen LogP contribution in [0.15, 0.2) is 40.9 Å². The average molecular weight is 462 g/mol. The van der Waals surface area contributed by atoms with E-state index in [0.29, 0.717) is 15.8 Å². The molecule has 0 atom stereocenters. The van der Waals surface area contributed by atoms with Crippen molar-refractivity contribution < 1.29 is 19.2 Å². The lowest BCUT2D eigenvalue weighted by Gasteiger charge is -2.17. The third kappa shape index (κ3) is 5.11. The Bertz CT molecular complexity index is 957. The van der Waals surface area contributed by atoms with Crippen LogP contribution in [-0.4, -0.2) is 36.5 Å². The van der Waals surface area contributed by atoms with E-state index >= 15 is 0 Å². The van der Waals surface area contributed by atoms with Gasteiger partial charge in [-0.15, -0.1) is 0 Å². The molecule has 1 heterocycles. The number of benzene rings is 2. The number of carbonyl (C=O) groups is 2. The summed E-state index contributed by atoms with van der Waals surface area (Å²) in [6, 6.07) is 9.67. The molecular formula is C20H20BrN3O5. The van der Waals surface area contributed by atoms with E-state index in [1.807, 2.05) is 24.0 Å². The summed E-state index contributed by atoms with van der Waals surface area (Å²) in [6.07, 6.45) is 1.96. The number of ether oxygens (including phenoxy) is 1. The van der Waals surface area contributed by atoms with E-state index in [9.17, 15) is 19.7 Å². The van der Waals surface area contributed by atoms with Crippen LogP contribution in [0.5, 0.6) is 0 Å². The normalized spacial score (nSPS) is 13.2. The third-order valence-electron chi connectivity index (χ3n) is 4.59. The topological polar surface area (TPSA) is 102 Å². The van der Waals surface area contributed by atoms with Gasteiger partial charge in [0.05, 0.1) is 16.2 Å². The van der Waals surface area contributed by atoms with Crippen molar-refractivity contribution >= 4 is 44.9 Å². The highest BCUT2D eigenvalue weighted by Gasteiger charge is 2.24.